The van der Waals surface area contributed by atoms with Crippen LogP contribution in [0.25, 0.3) is 0 Å². The number of nitrogens with zero attached hydrogens (tertiary/aromatic N) is 2. The Morgan fingerprint density at radius 1 is 1.21 bits per heavy atom. The van der Waals surface area contributed by atoms with Crippen molar-refractivity contribution in [3.8, 4) is 11.5 Å². The fraction of sp³-hybridized carbons (Fsp3) is 0.619. The van der Waals surface area contributed by atoms with E-state index in [1.54, 1.807) is 17.0 Å². The Labute approximate surface area is 170 Å². The van der Waals surface area contributed by atoms with E-state index in [0.717, 1.165) is 19.3 Å². The van der Waals surface area contributed by atoms with Gasteiger partial charge >= 0.3 is 6.09 Å². The lowest BCUT2D eigenvalue weighted by atomic mass is 9.93. The molecule has 1 unspecified atom stereocenters. The Balaban J connectivity index is 1.30. The average molecular weight is 404 g/mol. The molecule has 8 heteroatoms. The molecule has 4 rings (SSSR count). The van der Waals surface area contributed by atoms with Gasteiger partial charge in [-0.1, -0.05) is 0 Å². The zero-order chi connectivity index (χ0) is 20.8. The summed E-state index contributed by atoms with van der Waals surface area (Å²) >= 11 is 0. The molecule has 0 bridgehead atoms. The van der Waals surface area contributed by atoms with Gasteiger partial charge in [-0.05, 0) is 58.1 Å². The number of carbonyl (C=O) groups is 2. The lowest BCUT2D eigenvalue weighted by Crippen LogP contribution is -2.42. The molecule has 0 aromatic heterocycles. The largest absolute Gasteiger partial charge is 0.454 e. The van der Waals surface area contributed by atoms with E-state index in [1.807, 2.05) is 20.8 Å². The first-order valence-electron chi connectivity index (χ1n) is 10.1. The van der Waals surface area contributed by atoms with Gasteiger partial charge in [0.1, 0.15) is 5.60 Å². The first kappa shape index (κ1) is 19.8. The maximum Gasteiger partial charge on any atom is 0.410 e. The van der Waals surface area contributed by atoms with Crippen LogP contribution in [-0.2, 0) is 4.74 Å². The molecule has 3 aliphatic heterocycles. The predicted octanol–water partition coefficient (Wildman–Crippen LogP) is 2.90. The molecule has 0 radical (unpaired) electrons. The zero-order valence-electron chi connectivity index (χ0n) is 17.1. The normalized spacial score (nSPS) is 21.5. The summed E-state index contributed by atoms with van der Waals surface area (Å²) in [5, 5.41) is 10.6. The van der Waals surface area contributed by atoms with E-state index in [9.17, 15) is 14.7 Å². The number of hydrogen-bond donors (Lipinski definition) is 1. The summed E-state index contributed by atoms with van der Waals surface area (Å²) in [6.45, 7) is 7.49. The van der Waals surface area contributed by atoms with E-state index >= 15 is 0 Å². The summed E-state index contributed by atoms with van der Waals surface area (Å²) in [6, 6.07) is 3.35. The van der Waals surface area contributed by atoms with Gasteiger partial charge in [0.2, 0.25) is 6.79 Å². The molecule has 1 saturated heterocycles. The van der Waals surface area contributed by atoms with E-state index in [-0.39, 0.29) is 18.8 Å². The summed E-state index contributed by atoms with van der Waals surface area (Å²) in [7, 11) is 0. The summed E-state index contributed by atoms with van der Waals surface area (Å²) in [6.07, 6.45) is 1.27. The fourth-order valence-corrected chi connectivity index (χ4v) is 4.07. The van der Waals surface area contributed by atoms with Crippen molar-refractivity contribution in [3.63, 3.8) is 0 Å². The molecule has 0 spiro atoms. The first-order chi connectivity index (χ1) is 13.7. The van der Waals surface area contributed by atoms with E-state index in [2.05, 4.69) is 0 Å². The molecule has 1 atom stereocenters. The second kappa shape index (κ2) is 7.40. The van der Waals surface area contributed by atoms with Gasteiger partial charge in [0.15, 0.2) is 17.7 Å². The monoisotopic (exact) mass is 404 g/mol. The molecular formula is C21H28N2O6. The number of carbonyl (C=O) groups excluding carboxylic acids is 2. The van der Waals surface area contributed by atoms with E-state index < -0.39 is 11.8 Å². The summed E-state index contributed by atoms with van der Waals surface area (Å²) in [5.41, 5.74) is 0.548. The number of hydrogen-bond acceptors (Lipinski definition) is 6. The van der Waals surface area contributed by atoms with E-state index in [4.69, 9.17) is 14.2 Å². The van der Waals surface area contributed by atoms with Crippen LogP contribution in [-0.4, -0.2) is 58.9 Å². The molecule has 1 aromatic rings. The Bertz CT molecular complexity index is 810. The van der Waals surface area contributed by atoms with Crippen LogP contribution in [0.4, 0.5) is 4.79 Å². The van der Waals surface area contributed by atoms with Crippen molar-refractivity contribution >= 4 is 12.0 Å². The average Bonchev–Trinajstić information content (AvgIpc) is 3.21. The van der Waals surface area contributed by atoms with E-state index in [0.29, 0.717) is 48.2 Å². The number of likely N-dealkylation sites (tertiary alicyclic amines) is 1. The lowest BCUT2D eigenvalue weighted by Gasteiger charge is -2.34. The van der Waals surface area contributed by atoms with Crippen LogP contribution in [0.3, 0.4) is 0 Å². The smallest absolute Gasteiger partial charge is 0.410 e. The van der Waals surface area contributed by atoms with Crippen LogP contribution in [0.1, 0.15) is 62.2 Å². The Hall–Kier alpha value is -2.48. The molecule has 1 fully saturated rings. The second-order valence-corrected chi connectivity index (χ2v) is 8.86. The number of amides is 2. The third-order valence-corrected chi connectivity index (χ3v) is 5.65. The Morgan fingerprint density at radius 3 is 2.52 bits per heavy atom. The van der Waals surface area contributed by atoms with Gasteiger partial charge in [-0.3, -0.25) is 4.79 Å². The van der Waals surface area contributed by atoms with Gasteiger partial charge in [0.25, 0.3) is 5.91 Å². The van der Waals surface area contributed by atoms with Gasteiger partial charge < -0.3 is 29.1 Å². The minimum absolute atomic E-state index is 0.133. The number of benzene rings is 1. The van der Waals surface area contributed by atoms with Crippen LogP contribution in [0.2, 0.25) is 0 Å². The van der Waals surface area contributed by atoms with Gasteiger partial charge in [0, 0.05) is 25.2 Å². The van der Waals surface area contributed by atoms with Gasteiger partial charge in [-0.2, -0.15) is 0 Å². The van der Waals surface area contributed by atoms with Crippen molar-refractivity contribution < 1.29 is 28.9 Å². The van der Waals surface area contributed by atoms with Crippen LogP contribution in [0, 0.1) is 5.92 Å². The molecule has 1 N–H and O–H groups in total. The number of aliphatic hydroxyl groups excluding tert-OH is 1. The summed E-state index contributed by atoms with van der Waals surface area (Å²) in [4.78, 5) is 28.2. The van der Waals surface area contributed by atoms with Crippen LogP contribution in [0.5, 0.6) is 11.5 Å². The van der Waals surface area contributed by atoms with Gasteiger partial charge in [-0.15, -0.1) is 0 Å². The third-order valence-electron chi connectivity index (χ3n) is 5.65. The van der Waals surface area contributed by atoms with Crippen LogP contribution >= 0.6 is 0 Å². The number of fused-ring (bicyclic) bond motifs is 2. The number of piperidine rings is 1. The summed E-state index contributed by atoms with van der Waals surface area (Å²) < 4.78 is 16.1. The maximum atomic E-state index is 12.8. The Morgan fingerprint density at radius 2 is 1.86 bits per heavy atom. The van der Waals surface area contributed by atoms with Crippen molar-refractivity contribution in [1.29, 1.82) is 0 Å². The lowest BCUT2D eigenvalue weighted by molar-refractivity contribution is 0.0102. The minimum Gasteiger partial charge on any atom is -0.454 e. The van der Waals surface area contributed by atoms with E-state index in [1.165, 1.54) is 4.90 Å². The predicted molar refractivity (Wildman–Crippen MR) is 104 cm³/mol. The van der Waals surface area contributed by atoms with Crippen molar-refractivity contribution in [2.24, 2.45) is 5.92 Å². The SMILES string of the molecule is CC(C)(C)OC(=O)N1CCC(CCN2C(=O)c3cc4c(cc3C2O)OCO4)CC1. The minimum atomic E-state index is -0.964. The topological polar surface area (TPSA) is 88.5 Å². The van der Waals surface area contributed by atoms with Crippen LogP contribution in [0.15, 0.2) is 12.1 Å². The molecule has 0 saturated carbocycles. The molecule has 158 valence electrons. The quantitative estimate of drug-likeness (QED) is 0.833. The third kappa shape index (κ3) is 3.99. The summed E-state index contributed by atoms with van der Waals surface area (Å²) in [5.74, 6) is 1.32. The van der Waals surface area contributed by atoms with Gasteiger partial charge in [0.05, 0.1) is 5.56 Å². The van der Waals surface area contributed by atoms with Crippen molar-refractivity contribution in [1.82, 2.24) is 9.80 Å². The fourth-order valence-electron chi connectivity index (χ4n) is 4.07. The second-order valence-electron chi connectivity index (χ2n) is 8.86. The number of rotatable bonds is 3. The highest BCUT2D eigenvalue weighted by atomic mass is 16.7. The van der Waals surface area contributed by atoms with Crippen LogP contribution < -0.4 is 9.47 Å². The molecule has 29 heavy (non-hydrogen) atoms. The highest BCUT2D eigenvalue weighted by Gasteiger charge is 2.38. The number of ether oxygens (including phenoxy) is 3. The standard InChI is InChI=1S/C21H28N2O6/c1-21(2,3)29-20(26)22-7-4-13(5-8-22)6-9-23-18(24)14-10-16-17(28-12-27-16)11-15(14)19(23)25/h10-11,13,18,24H,4-9,12H2,1-3H3. The molecule has 3 aliphatic rings. The number of aliphatic hydroxyl groups is 1. The molecule has 1 aromatic carbocycles. The van der Waals surface area contributed by atoms with Crippen molar-refractivity contribution in [2.45, 2.75) is 51.9 Å². The molecule has 2 amide bonds. The maximum absolute atomic E-state index is 12.8. The van der Waals surface area contributed by atoms with Crippen molar-refractivity contribution in [3.05, 3.63) is 23.3 Å². The zero-order valence-corrected chi connectivity index (χ0v) is 17.1. The Kier molecular flexibility index (Phi) is 5.06. The molecule has 0 aliphatic carbocycles. The van der Waals surface area contributed by atoms with Crippen molar-refractivity contribution in [2.75, 3.05) is 26.4 Å². The highest BCUT2D eigenvalue weighted by molar-refractivity contribution is 5.99. The molecule has 8 nitrogen and oxygen atoms in total. The van der Waals surface area contributed by atoms with Gasteiger partial charge in [-0.25, -0.2) is 4.79 Å². The highest BCUT2D eigenvalue weighted by Crippen LogP contribution is 2.41. The first-order valence-corrected chi connectivity index (χ1v) is 10.1. The molecular weight excluding hydrogens is 376 g/mol. The molecule has 3 heterocycles.